The number of carbonyl (C=O) groups excluding carboxylic acids is 1. The number of carbonyl (C=O) groups is 1. The minimum Gasteiger partial charge on any atom is -0.381 e. The Kier molecular flexibility index (Phi) is 5.15. The van der Waals surface area contributed by atoms with E-state index < -0.39 is 0 Å². The minimum absolute atomic E-state index is 0.0760. The molecule has 110 valence electrons. The van der Waals surface area contributed by atoms with E-state index in [9.17, 15) is 4.79 Å². The van der Waals surface area contributed by atoms with Gasteiger partial charge in [-0.15, -0.1) is 0 Å². The molecule has 0 aromatic heterocycles. The van der Waals surface area contributed by atoms with E-state index in [4.69, 9.17) is 10.5 Å². The molecule has 2 rings (SSSR count). The topological polar surface area (TPSA) is 55.6 Å². The third-order valence-corrected chi connectivity index (χ3v) is 4.14. The lowest BCUT2D eigenvalue weighted by atomic mass is 9.98. The van der Waals surface area contributed by atoms with Gasteiger partial charge in [-0.25, -0.2) is 0 Å². The Morgan fingerprint density at radius 1 is 1.40 bits per heavy atom. The van der Waals surface area contributed by atoms with Gasteiger partial charge in [0.2, 0.25) is 0 Å². The standard InChI is InChI=1S/C16H24N2O2/c1-3-12-4-6-13(7-5-12)16(19)18-9-8-15(20-2)10-14(18)11-17/h4-7,14-15H,3,8-11,17H2,1-2H3. The summed E-state index contributed by atoms with van der Waals surface area (Å²) in [6.45, 7) is 3.31. The van der Waals surface area contributed by atoms with Crippen molar-refractivity contribution in [2.45, 2.75) is 38.3 Å². The maximum Gasteiger partial charge on any atom is 0.254 e. The van der Waals surface area contributed by atoms with Crippen molar-refractivity contribution < 1.29 is 9.53 Å². The third kappa shape index (κ3) is 3.19. The molecule has 2 atom stereocenters. The molecule has 0 spiro atoms. The predicted octanol–water partition coefficient (Wildman–Crippen LogP) is 1.83. The van der Waals surface area contributed by atoms with Gasteiger partial charge in [0.15, 0.2) is 0 Å². The number of amides is 1. The zero-order chi connectivity index (χ0) is 14.5. The van der Waals surface area contributed by atoms with Gasteiger partial charge in [-0.2, -0.15) is 0 Å². The molecule has 1 aromatic carbocycles. The maximum atomic E-state index is 12.6. The van der Waals surface area contributed by atoms with Crippen molar-refractivity contribution in [3.05, 3.63) is 35.4 Å². The average Bonchev–Trinajstić information content (AvgIpc) is 2.53. The van der Waals surface area contributed by atoms with E-state index in [1.165, 1.54) is 5.56 Å². The molecule has 1 fully saturated rings. The molecule has 1 aromatic rings. The Morgan fingerprint density at radius 3 is 2.65 bits per heavy atom. The van der Waals surface area contributed by atoms with Crippen LogP contribution in [0.2, 0.25) is 0 Å². The lowest BCUT2D eigenvalue weighted by Gasteiger charge is -2.38. The maximum absolute atomic E-state index is 12.6. The molecule has 0 aliphatic carbocycles. The summed E-state index contributed by atoms with van der Waals surface area (Å²) < 4.78 is 5.39. The van der Waals surface area contributed by atoms with Crippen molar-refractivity contribution in [3.63, 3.8) is 0 Å². The van der Waals surface area contributed by atoms with Crippen LogP contribution in [0.3, 0.4) is 0 Å². The van der Waals surface area contributed by atoms with Crippen LogP contribution in [-0.2, 0) is 11.2 Å². The van der Waals surface area contributed by atoms with E-state index in [1.54, 1.807) is 7.11 Å². The largest absolute Gasteiger partial charge is 0.381 e. The van der Waals surface area contributed by atoms with Crippen molar-refractivity contribution in [3.8, 4) is 0 Å². The molecule has 1 aliphatic heterocycles. The second-order valence-corrected chi connectivity index (χ2v) is 5.32. The summed E-state index contributed by atoms with van der Waals surface area (Å²) in [5, 5.41) is 0. The Hall–Kier alpha value is -1.39. The quantitative estimate of drug-likeness (QED) is 0.912. The number of nitrogens with zero attached hydrogens (tertiary/aromatic N) is 1. The summed E-state index contributed by atoms with van der Waals surface area (Å²) >= 11 is 0. The molecule has 0 radical (unpaired) electrons. The number of piperidine rings is 1. The SMILES string of the molecule is CCc1ccc(C(=O)N2CCC(OC)CC2CN)cc1. The molecule has 4 heteroatoms. The molecule has 2 unspecified atom stereocenters. The minimum atomic E-state index is 0.0760. The summed E-state index contributed by atoms with van der Waals surface area (Å²) in [5.41, 5.74) is 7.81. The van der Waals surface area contributed by atoms with Gasteiger partial charge < -0.3 is 15.4 Å². The van der Waals surface area contributed by atoms with Crippen molar-refractivity contribution in [1.29, 1.82) is 0 Å². The second kappa shape index (κ2) is 6.86. The van der Waals surface area contributed by atoms with Gasteiger partial charge in [0.25, 0.3) is 5.91 Å². The fourth-order valence-electron chi connectivity index (χ4n) is 2.77. The highest BCUT2D eigenvalue weighted by Gasteiger charge is 2.31. The third-order valence-electron chi connectivity index (χ3n) is 4.14. The van der Waals surface area contributed by atoms with Gasteiger partial charge in [0.05, 0.1) is 6.10 Å². The van der Waals surface area contributed by atoms with Gasteiger partial charge in [-0.1, -0.05) is 19.1 Å². The first-order valence-electron chi connectivity index (χ1n) is 7.32. The van der Waals surface area contributed by atoms with Crippen LogP contribution in [0.25, 0.3) is 0 Å². The summed E-state index contributed by atoms with van der Waals surface area (Å²) in [6.07, 6.45) is 2.91. The summed E-state index contributed by atoms with van der Waals surface area (Å²) in [6, 6.07) is 7.94. The zero-order valence-electron chi connectivity index (χ0n) is 12.3. The van der Waals surface area contributed by atoms with Crippen LogP contribution in [0.1, 0.15) is 35.7 Å². The van der Waals surface area contributed by atoms with Crippen LogP contribution in [0.15, 0.2) is 24.3 Å². The number of nitrogens with two attached hydrogens (primary N) is 1. The van der Waals surface area contributed by atoms with Gasteiger partial charge in [0.1, 0.15) is 0 Å². The van der Waals surface area contributed by atoms with Crippen molar-refractivity contribution in [2.24, 2.45) is 5.73 Å². The molecule has 20 heavy (non-hydrogen) atoms. The molecular formula is C16H24N2O2. The fourth-order valence-corrected chi connectivity index (χ4v) is 2.77. The van der Waals surface area contributed by atoms with Crippen LogP contribution in [0.4, 0.5) is 0 Å². The van der Waals surface area contributed by atoms with Crippen LogP contribution < -0.4 is 5.73 Å². The Labute approximate surface area is 120 Å². The Bertz CT molecular complexity index is 444. The fraction of sp³-hybridized carbons (Fsp3) is 0.562. The number of aryl methyl sites for hydroxylation is 1. The molecule has 1 amide bonds. The molecule has 1 saturated heterocycles. The van der Waals surface area contributed by atoms with E-state index in [1.807, 2.05) is 29.2 Å². The van der Waals surface area contributed by atoms with Gasteiger partial charge in [-0.05, 0) is 37.0 Å². The number of benzene rings is 1. The van der Waals surface area contributed by atoms with Gasteiger partial charge >= 0.3 is 0 Å². The van der Waals surface area contributed by atoms with E-state index >= 15 is 0 Å². The van der Waals surface area contributed by atoms with Crippen LogP contribution in [-0.4, -0.2) is 43.2 Å². The number of methoxy groups -OCH3 is 1. The molecular weight excluding hydrogens is 252 g/mol. The highest BCUT2D eigenvalue weighted by molar-refractivity contribution is 5.94. The smallest absolute Gasteiger partial charge is 0.254 e. The second-order valence-electron chi connectivity index (χ2n) is 5.32. The molecule has 2 N–H and O–H groups in total. The van der Waals surface area contributed by atoms with Crippen molar-refractivity contribution in [1.82, 2.24) is 4.90 Å². The Morgan fingerprint density at radius 2 is 2.10 bits per heavy atom. The Balaban J connectivity index is 2.10. The molecule has 4 nitrogen and oxygen atoms in total. The number of hydrogen-bond donors (Lipinski definition) is 1. The van der Waals surface area contributed by atoms with Crippen molar-refractivity contribution in [2.75, 3.05) is 20.2 Å². The van der Waals surface area contributed by atoms with Crippen LogP contribution >= 0.6 is 0 Å². The normalized spacial score (nSPS) is 22.9. The van der Waals surface area contributed by atoms with Gasteiger partial charge in [0, 0.05) is 31.8 Å². The first-order chi connectivity index (χ1) is 9.69. The van der Waals surface area contributed by atoms with E-state index in [-0.39, 0.29) is 18.1 Å². The number of rotatable bonds is 4. The monoisotopic (exact) mass is 276 g/mol. The van der Waals surface area contributed by atoms with Crippen molar-refractivity contribution >= 4 is 5.91 Å². The molecule has 1 heterocycles. The van der Waals surface area contributed by atoms with E-state index in [0.717, 1.165) is 24.8 Å². The lowest BCUT2D eigenvalue weighted by Crippen LogP contribution is -2.51. The predicted molar refractivity (Wildman–Crippen MR) is 79.7 cm³/mol. The molecule has 1 aliphatic rings. The highest BCUT2D eigenvalue weighted by Crippen LogP contribution is 2.21. The van der Waals surface area contributed by atoms with Crippen LogP contribution in [0.5, 0.6) is 0 Å². The van der Waals surface area contributed by atoms with Crippen LogP contribution in [0, 0.1) is 0 Å². The number of likely N-dealkylation sites (tertiary alicyclic amines) is 1. The number of hydrogen-bond acceptors (Lipinski definition) is 3. The van der Waals surface area contributed by atoms with E-state index in [2.05, 4.69) is 6.92 Å². The lowest BCUT2D eigenvalue weighted by molar-refractivity contribution is 0.0139. The summed E-state index contributed by atoms with van der Waals surface area (Å²) in [4.78, 5) is 14.5. The highest BCUT2D eigenvalue weighted by atomic mass is 16.5. The number of ether oxygens (including phenoxy) is 1. The van der Waals surface area contributed by atoms with Gasteiger partial charge in [-0.3, -0.25) is 4.79 Å². The van der Waals surface area contributed by atoms with E-state index in [0.29, 0.717) is 13.1 Å². The first kappa shape index (κ1) is 15.0. The first-order valence-corrected chi connectivity index (χ1v) is 7.32. The summed E-state index contributed by atoms with van der Waals surface area (Å²) in [7, 11) is 1.72. The average molecular weight is 276 g/mol. The molecule has 0 saturated carbocycles. The zero-order valence-corrected chi connectivity index (χ0v) is 12.3. The molecule has 0 bridgehead atoms. The summed E-state index contributed by atoms with van der Waals surface area (Å²) in [5.74, 6) is 0.0812.